The van der Waals surface area contributed by atoms with Gasteiger partial charge in [-0.05, 0) is 71.0 Å². The highest BCUT2D eigenvalue weighted by atomic mass is 127. The second-order valence-electron chi connectivity index (χ2n) is 8.14. The van der Waals surface area contributed by atoms with Gasteiger partial charge in [0.2, 0.25) is 5.91 Å². The number of ether oxygens (including phenoxy) is 3. The van der Waals surface area contributed by atoms with E-state index in [1.54, 1.807) is 56.5 Å². The molecule has 3 aromatic rings. The van der Waals surface area contributed by atoms with E-state index < -0.39 is 11.9 Å². The van der Waals surface area contributed by atoms with Crippen LogP contribution in [0.4, 0.5) is 0 Å². The predicted molar refractivity (Wildman–Crippen MR) is 151 cm³/mol. The Hall–Kier alpha value is -4.11. The molecule has 0 bridgehead atoms. The summed E-state index contributed by atoms with van der Waals surface area (Å²) in [6.45, 7) is 1.79. The molecule has 0 aliphatic rings. The van der Waals surface area contributed by atoms with E-state index in [9.17, 15) is 14.9 Å². The summed E-state index contributed by atoms with van der Waals surface area (Å²) in [4.78, 5) is 24.7. The Bertz CT molecular complexity index is 1350. The van der Waals surface area contributed by atoms with E-state index in [-0.39, 0.29) is 18.9 Å². The van der Waals surface area contributed by atoms with Crippen LogP contribution in [0.5, 0.6) is 17.2 Å². The molecule has 0 radical (unpaired) electrons. The zero-order valence-corrected chi connectivity index (χ0v) is 23.3. The lowest BCUT2D eigenvalue weighted by Crippen LogP contribution is -2.43. The lowest BCUT2D eigenvalue weighted by atomic mass is 10.1. The molecule has 10 heteroatoms. The van der Waals surface area contributed by atoms with Crippen LogP contribution in [0.15, 0.2) is 65.8 Å². The van der Waals surface area contributed by atoms with E-state index >= 15 is 0 Å². The average Bonchev–Trinajstić information content (AvgIpc) is 2.92. The van der Waals surface area contributed by atoms with Crippen LogP contribution in [0.2, 0.25) is 0 Å². The zero-order chi connectivity index (χ0) is 27.5. The molecule has 2 amide bonds. The summed E-state index contributed by atoms with van der Waals surface area (Å²) in [7, 11) is 3.10. The number of rotatable bonds is 11. The number of halogens is 1. The largest absolute Gasteiger partial charge is 0.497 e. The Balaban J connectivity index is 1.56. The predicted octanol–water partition coefficient (Wildman–Crippen LogP) is 3.96. The first-order valence-corrected chi connectivity index (χ1v) is 12.7. The zero-order valence-electron chi connectivity index (χ0n) is 21.2. The lowest BCUT2D eigenvalue weighted by Gasteiger charge is -2.14. The summed E-state index contributed by atoms with van der Waals surface area (Å²) in [6, 6.07) is 19.3. The first kappa shape index (κ1) is 28.5. The second kappa shape index (κ2) is 14.0. The van der Waals surface area contributed by atoms with Gasteiger partial charge in [0.05, 0.1) is 42.1 Å². The lowest BCUT2D eigenvalue weighted by molar-refractivity contribution is -0.128. The molecule has 1 atom stereocenters. The van der Waals surface area contributed by atoms with E-state index in [0.29, 0.717) is 28.4 Å². The number of methoxy groups -OCH3 is 2. The summed E-state index contributed by atoms with van der Waals surface area (Å²) in [5.41, 5.74) is 5.24. The molecule has 0 saturated heterocycles. The van der Waals surface area contributed by atoms with Gasteiger partial charge in [0, 0.05) is 5.56 Å². The number of benzene rings is 3. The molecular weight excluding hydrogens is 599 g/mol. The Kier molecular flexibility index (Phi) is 10.5. The number of hydrazone groups is 1. The quantitative estimate of drug-likeness (QED) is 0.189. The van der Waals surface area contributed by atoms with Gasteiger partial charge in [-0.25, -0.2) is 5.43 Å². The van der Waals surface area contributed by atoms with Crippen LogP contribution >= 0.6 is 22.6 Å². The molecule has 196 valence electrons. The highest BCUT2D eigenvalue weighted by molar-refractivity contribution is 14.1. The molecule has 0 heterocycles. The van der Waals surface area contributed by atoms with Gasteiger partial charge >= 0.3 is 0 Å². The molecule has 0 aliphatic heterocycles. The normalized spacial score (nSPS) is 11.3. The summed E-state index contributed by atoms with van der Waals surface area (Å²) < 4.78 is 17.3. The van der Waals surface area contributed by atoms with Crippen molar-refractivity contribution >= 4 is 40.6 Å². The van der Waals surface area contributed by atoms with E-state index in [4.69, 9.17) is 14.2 Å². The van der Waals surface area contributed by atoms with Crippen LogP contribution in [-0.2, 0) is 22.6 Å². The van der Waals surface area contributed by atoms with Gasteiger partial charge in [0.1, 0.15) is 18.4 Å². The maximum atomic E-state index is 12.4. The van der Waals surface area contributed by atoms with Crippen molar-refractivity contribution in [2.75, 3.05) is 14.2 Å². The minimum atomic E-state index is -0.778. The SMILES string of the molecule is COc1ccc(CC(=O)NC(C)C(=O)NN=Cc2cc(I)c(OCc3ccccc3C#N)c(OC)c2)cc1. The number of hydrogen-bond acceptors (Lipinski definition) is 7. The molecule has 38 heavy (non-hydrogen) atoms. The summed E-state index contributed by atoms with van der Waals surface area (Å²) >= 11 is 2.12. The molecule has 9 nitrogen and oxygen atoms in total. The van der Waals surface area contributed by atoms with Gasteiger partial charge in [0.15, 0.2) is 11.5 Å². The fourth-order valence-corrected chi connectivity index (χ4v) is 4.19. The third-order valence-corrected chi connectivity index (χ3v) is 6.25. The first-order valence-electron chi connectivity index (χ1n) is 11.6. The first-order chi connectivity index (χ1) is 18.3. The standard InChI is InChI=1S/C28H27IN4O5/c1-18(32-26(34)14-19-8-10-23(36-2)11-9-19)28(35)33-31-16-20-12-24(29)27(25(13-20)37-3)38-17-22-7-5-4-6-21(22)15-30/h4-13,16,18H,14,17H2,1-3H3,(H,32,34)(H,33,35). The molecular formula is C28H27IN4O5. The molecule has 1 unspecified atom stereocenters. The van der Waals surface area contributed by atoms with Crippen LogP contribution < -0.4 is 25.0 Å². The maximum Gasteiger partial charge on any atom is 0.262 e. The Labute approximate surface area is 234 Å². The summed E-state index contributed by atoms with van der Waals surface area (Å²) in [5.74, 6) is 0.986. The van der Waals surface area contributed by atoms with Gasteiger partial charge in [0.25, 0.3) is 5.91 Å². The van der Waals surface area contributed by atoms with Crippen molar-refractivity contribution < 1.29 is 23.8 Å². The third kappa shape index (κ3) is 7.94. The molecule has 0 saturated carbocycles. The average molecular weight is 626 g/mol. The third-order valence-electron chi connectivity index (χ3n) is 5.44. The van der Waals surface area contributed by atoms with Crippen molar-refractivity contribution in [2.45, 2.75) is 26.0 Å². The minimum absolute atomic E-state index is 0.139. The highest BCUT2D eigenvalue weighted by Crippen LogP contribution is 2.34. The van der Waals surface area contributed by atoms with Crippen molar-refractivity contribution in [1.29, 1.82) is 5.26 Å². The Morgan fingerprint density at radius 1 is 1.11 bits per heavy atom. The molecule has 3 rings (SSSR count). The van der Waals surface area contributed by atoms with Gasteiger partial charge in [-0.2, -0.15) is 10.4 Å². The number of amides is 2. The van der Waals surface area contributed by atoms with Crippen LogP contribution in [0.3, 0.4) is 0 Å². The number of carbonyl (C=O) groups is 2. The fraction of sp³-hybridized carbons (Fsp3) is 0.214. The van der Waals surface area contributed by atoms with Crippen molar-refractivity contribution in [3.05, 3.63) is 86.5 Å². The van der Waals surface area contributed by atoms with Gasteiger partial charge in [-0.1, -0.05) is 30.3 Å². The molecule has 0 spiro atoms. The number of hydrogen-bond donors (Lipinski definition) is 2. The second-order valence-corrected chi connectivity index (χ2v) is 9.30. The topological polar surface area (TPSA) is 122 Å². The van der Waals surface area contributed by atoms with Crippen LogP contribution in [-0.4, -0.2) is 38.3 Å². The van der Waals surface area contributed by atoms with Gasteiger partial charge < -0.3 is 19.5 Å². The van der Waals surface area contributed by atoms with Gasteiger partial charge in [-0.3, -0.25) is 9.59 Å². The summed E-state index contributed by atoms with van der Waals surface area (Å²) in [6.07, 6.45) is 1.61. The summed E-state index contributed by atoms with van der Waals surface area (Å²) in [5, 5.41) is 16.0. The maximum absolute atomic E-state index is 12.4. The monoisotopic (exact) mass is 626 g/mol. The van der Waals surface area contributed by atoms with Crippen molar-refractivity contribution in [1.82, 2.24) is 10.7 Å². The van der Waals surface area contributed by atoms with Crippen molar-refractivity contribution in [3.8, 4) is 23.3 Å². The molecule has 0 aromatic heterocycles. The van der Waals surface area contributed by atoms with Crippen LogP contribution in [0.1, 0.15) is 29.2 Å². The van der Waals surface area contributed by atoms with Crippen LogP contribution in [0, 0.1) is 14.9 Å². The minimum Gasteiger partial charge on any atom is -0.497 e. The van der Waals surface area contributed by atoms with E-state index in [1.165, 1.54) is 13.3 Å². The number of nitrogens with one attached hydrogen (secondary N) is 2. The van der Waals surface area contributed by atoms with E-state index in [0.717, 1.165) is 14.7 Å². The highest BCUT2D eigenvalue weighted by Gasteiger charge is 2.16. The van der Waals surface area contributed by atoms with Gasteiger partial charge in [-0.15, -0.1) is 0 Å². The van der Waals surface area contributed by atoms with Crippen LogP contribution in [0.25, 0.3) is 0 Å². The molecule has 0 fully saturated rings. The Morgan fingerprint density at radius 3 is 2.53 bits per heavy atom. The van der Waals surface area contributed by atoms with Crippen molar-refractivity contribution in [3.63, 3.8) is 0 Å². The molecule has 2 N–H and O–H groups in total. The Morgan fingerprint density at radius 2 is 1.84 bits per heavy atom. The smallest absolute Gasteiger partial charge is 0.262 e. The van der Waals surface area contributed by atoms with E-state index in [2.05, 4.69) is 44.5 Å². The molecule has 3 aromatic carbocycles. The fourth-order valence-electron chi connectivity index (χ4n) is 3.41. The number of carbonyl (C=O) groups excluding carboxylic acids is 2. The van der Waals surface area contributed by atoms with E-state index in [1.807, 2.05) is 18.2 Å². The number of nitriles is 1. The van der Waals surface area contributed by atoms with Crippen molar-refractivity contribution in [2.24, 2.45) is 5.10 Å². The molecule has 0 aliphatic carbocycles. The number of nitrogens with zero attached hydrogens (tertiary/aromatic N) is 2.